The van der Waals surface area contributed by atoms with E-state index in [0.717, 1.165) is 54.7 Å². The van der Waals surface area contributed by atoms with Crippen molar-refractivity contribution in [3.8, 4) is 0 Å². The summed E-state index contributed by atoms with van der Waals surface area (Å²) in [6.45, 7) is -0.290. The van der Waals surface area contributed by atoms with Gasteiger partial charge in [-0.15, -0.1) is 5.10 Å². The number of tetrazole rings is 1. The molecule has 2 N–H and O–H groups in total. The van der Waals surface area contributed by atoms with Crippen LogP contribution in [0.15, 0.2) is 36.4 Å². The highest BCUT2D eigenvalue weighted by Gasteiger charge is 2.38. The predicted molar refractivity (Wildman–Crippen MR) is 132 cm³/mol. The molecule has 212 valence electrons. The Hall–Kier alpha value is -3.35. The first kappa shape index (κ1) is 28.7. The number of aryl methyl sites for hydroxylation is 1. The number of benzene rings is 2. The summed E-state index contributed by atoms with van der Waals surface area (Å²) in [5.74, 6) is 0.0455. The van der Waals surface area contributed by atoms with Crippen LogP contribution >= 0.6 is 0 Å². The van der Waals surface area contributed by atoms with Crippen molar-refractivity contribution in [2.75, 3.05) is 17.7 Å². The number of nitrogens with zero attached hydrogens (tertiary/aromatic N) is 5. The first-order valence-corrected chi connectivity index (χ1v) is 12.5. The molecule has 4 rings (SSSR count). The third kappa shape index (κ3) is 6.63. The van der Waals surface area contributed by atoms with E-state index in [0.29, 0.717) is 24.0 Å². The summed E-state index contributed by atoms with van der Waals surface area (Å²) in [6, 6.07) is 6.74. The van der Waals surface area contributed by atoms with Gasteiger partial charge in [-0.1, -0.05) is 36.8 Å². The summed E-state index contributed by atoms with van der Waals surface area (Å²) >= 11 is 0. The molecule has 1 fully saturated rings. The Kier molecular flexibility index (Phi) is 8.10. The van der Waals surface area contributed by atoms with Crippen LogP contribution in [0.4, 0.5) is 38.0 Å². The van der Waals surface area contributed by atoms with E-state index in [4.69, 9.17) is 10.5 Å². The maximum absolute atomic E-state index is 13.8. The maximum Gasteiger partial charge on any atom is 0.416 e. The lowest BCUT2D eigenvalue weighted by molar-refractivity contribution is -0.138. The molecule has 1 aliphatic rings. The number of hydrogen-bond acceptors (Lipinski definition) is 6. The van der Waals surface area contributed by atoms with E-state index in [-0.39, 0.29) is 30.3 Å². The number of hydrogen-bond donors (Lipinski definition) is 1. The molecule has 1 aliphatic carbocycles. The Bertz CT molecular complexity index is 1280. The maximum atomic E-state index is 13.8. The normalized spacial score (nSPS) is 16.2. The molecule has 7 nitrogen and oxygen atoms in total. The Morgan fingerprint density at radius 3 is 2.15 bits per heavy atom. The van der Waals surface area contributed by atoms with Gasteiger partial charge in [-0.2, -0.15) is 31.1 Å². The van der Waals surface area contributed by atoms with Crippen LogP contribution in [0.1, 0.15) is 66.3 Å². The molecule has 0 aliphatic heterocycles. The second-order valence-corrected chi connectivity index (χ2v) is 9.88. The number of ether oxygens (including phenoxy) is 1. The van der Waals surface area contributed by atoms with Gasteiger partial charge < -0.3 is 15.4 Å². The summed E-state index contributed by atoms with van der Waals surface area (Å²) in [6.07, 6.45) is -4.26. The van der Waals surface area contributed by atoms with E-state index in [1.54, 1.807) is 7.11 Å². The van der Waals surface area contributed by atoms with Crippen LogP contribution in [0.2, 0.25) is 0 Å². The SMILES string of the molecule is COC1(c2ccc(C(F)(F)F)cc2CN(Cc2cc(N)cc(C(F)(F)F)c2)c2nnn(C)n2)CCCCCC1. The topological polar surface area (TPSA) is 82.1 Å². The fourth-order valence-corrected chi connectivity index (χ4v) is 5.23. The quantitative estimate of drug-likeness (QED) is 0.211. The Morgan fingerprint density at radius 1 is 0.923 bits per heavy atom. The van der Waals surface area contributed by atoms with Gasteiger partial charge in [0.2, 0.25) is 0 Å². The summed E-state index contributed by atoms with van der Waals surface area (Å²) in [7, 11) is 3.07. The number of rotatable bonds is 7. The van der Waals surface area contributed by atoms with Crippen LogP contribution in [0, 0.1) is 0 Å². The number of methoxy groups -OCH3 is 1. The molecule has 0 amide bonds. The number of alkyl halides is 6. The summed E-state index contributed by atoms with van der Waals surface area (Å²) in [4.78, 5) is 2.65. The van der Waals surface area contributed by atoms with E-state index >= 15 is 0 Å². The Labute approximate surface area is 221 Å². The van der Waals surface area contributed by atoms with Crippen LogP contribution < -0.4 is 10.6 Å². The number of nitrogens with two attached hydrogens (primary N) is 1. The minimum Gasteiger partial charge on any atom is -0.399 e. The highest BCUT2D eigenvalue weighted by atomic mass is 19.4. The van der Waals surface area contributed by atoms with Crippen molar-refractivity contribution in [1.82, 2.24) is 20.2 Å². The molecular weight excluding hydrogens is 526 g/mol. The van der Waals surface area contributed by atoms with Gasteiger partial charge in [-0.3, -0.25) is 0 Å². The van der Waals surface area contributed by atoms with Gasteiger partial charge in [0, 0.05) is 25.9 Å². The van der Waals surface area contributed by atoms with Gasteiger partial charge >= 0.3 is 12.4 Å². The second kappa shape index (κ2) is 11.0. The fraction of sp³-hybridized carbons (Fsp3) is 0.500. The van der Waals surface area contributed by atoms with E-state index in [1.165, 1.54) is 24.1 Å². The van der Waals surface area contributed by atoms with Crippen molar-refractivity contribution in [1.29, 1.82) is 0 Å². The van der Waals surface area contributed by atoms with Gasteiger partial charge in [0.1, 0.15) is 0 Å². The number of anilines is 2. The van der Waals surface area contributed by atoms with Crippen LogP contribution in [-0.4, -0.2) is 27.3 Å². The van der Waals surface area contributed by atoms with Crippen molar-refractivity contribution in [2.24, 2.45) is 7.05 Å². The van der Waals surface area contributed by atoms with E-state index in [2.05, 4.69) is 15.4 Å². The minimum atomic E-state index is -4.63. The highest BCUT2D eigenvalue weighted by molar-refractivity contribution is 5.48. The largest absolute Gasteiger partial charge is 0.416 e. The molecule has 39 heavy (non-hydrogen) atoms. The minimum absolute atomic E-state index is 0.0455. The van der Waals surface area contributed by atoms with Crippen molar-refractivity contribution in [2.45, 2.75) is 69.6 Å². The first-order valence-electron chi connectivity index (χ1n) is 12.5. The van der Waals surface area contributed by atoms with Crippen molar-refractivity contribution >= 4 is 11.6 Å². The predicted octanol–water partition coefficient (Wildman–Crippen LogP) is 6.23. The van der Waals surface area contributed by atoms with Gasteiger partial charge in [0.15, 0.2) is 0 Å². The van der Waals surface area contributed by atoms with Crippen molar-refractivity contribution in [3.05, 3.63) is 64.2 Å². The summed E-state index contributed by atoms with van der Waals surface area (Å²) in [5, 5.41) is 12.0. The van der Waals surface area contributed by atoms with Gasteiger partial charge in [-0.25, -0.2) is 0 Å². The monoisotopic (exact) mass is 556 g/mol. The van der Waals surface area contributed by atoms with Crippen molar-refractivity contribution < 1.29 is 31.1 Å². The zero-order valence-corrected chi connectivity index (χ0v) is 21.6. The molecule has 0 saturated heterocycles. The van der Waals surface area contributed by atoms with Gasteiger partial charge in [-0.05, 0) is 65.1 Å². The second-order valence-electron chi connectivity index (χ2n) is 9.88. The third-order valence-corrected chi connectivity index (χ3v) is 7.08. The molecule has 1 saturated carbocycles. The fourth-order valence-electron chi connectivity index (χ4n) is 5.23. The average Bonchev–Trinajstić information content (AvgIpc) is 3.14. The lowest BCUT2D eigenvalue weighted by atomic mass is 9.82. The summed E-state index contributed by atoms with van der Waals surface area (Å²) in [5.41, 5.74) is 4.23. The van der Waals surface area contributed by atoms with Crippen LogP contribution in [0.25, 0.3) is 0 Å². The number of aromatic nitrogens is 4. The zero-order valence-electron chi connectivity index (χ0n) is 21.6. The van der Waals surface area contributed by atoms with Crippen molar-refractivity contribution in [3.63, 3.8) is 0 Å². The van der Waals surface area contributed by atoms with E-state index in [1.807, 2.05) is 0 Å². The first-order chi connectivity index (χ1) is 18.3. The molecule has 0 atom stereocenters. The van der Waals surface area contributed by atoms with Crippen LogP contribution in [0.5, 0.6) is 0 Å². The third-order valence-electron chi connectivity index (χ3n) is 7.08. The average molecular weight is 557 g/mol. The molecule has 0 radical (unpaired) electrons. The van der Waals surface area contributed by atoms with E-state index < -0.39 is 29.1 Å². The molecule has 13 heteroatoms. The molecular formula is C26H30F6N6O. The standard InChI is InChI=1S/C26H30F6N6O/c1-37-35-23(34-36-37)38(15-17-11-20(26(30,31)32)14-21(33)12-17)16-18-13-19(25(27,28)29)7-8-22(18)24(39-2)9-5-3-4-6-10-24/h7-8,11-14H,3-6,9-10,15-16,33H2,1-2H3. The Balaban J connectivity index is 1.81. The lowest BCUT2D eigenvalue weighted by Gasteiger charge is -2.35. The zero-order chi connectivity index (χ0) is 28.4. The van der Waals surface area contributed by atoms with Crippen LogP contribution in [-0.2, 0) is 42.8 Å². The lowest BCUT2D eigenvalue weighted by Crippen LogP contribution is -2.32. The van der Waals surface area contributed by atoms with E-state index in [9.17, 15) is 26.3 Å². The van der Waals surface area contributed by atoms with Gasteiger partial charge in [0.25, 0.3) is 5.95 Å². The molecule has 0 bridgehead atoms. The van der Waals surface area contributed by atoms with Gasteiger partial charge in [0.05, 0.1) is 23.8 Å². The number of halogens is 6. The smallest absolute Gasteiger partial charge is 0.399 e. The van der Waals surface area contributed by atoms with Crippen LogP contribution in [0.3, 0.4) is 0 Å². The molecule has 1 heterocycles. The molecule has 0 unspecified atom stereocenters. The number of nitrogen functional groups attached to an aromatic ring is 1. The summed E-state index contributed by atoms with van der Waals surface area (Å²) < 4.78 is 87.8. The molecule has 0 spiro atoms. The molecule has 1 aromatic heterocycles. The highest BCUT2D eigenvalue weighted by Crippen LogP contribution is 2.43. The molecule has 2 aromatic carbocycles. The molecule has 3 aromatic rings. The Morgan fingerprint density at radius 2 is 1.59 bits per heavy atom.